The van der Waals surface area contributed by atoms with Gasteiger partial charge in [0.2, 0.25) is 0 Å². The first kappa shape index (κ1) is 14.8. The van der Waals surface area contributed by atoms with Crippen molar-refractivity contribution in [2.45, 2.75) is 12.5 Å². The second-order valence-electron chi connectivity index (χ2n) is 4.71. The summed E-state index contributed by atoms with van der Waals surface area (Å²) in [6.45, 7) is 1.06. The summed E-state index contributed by atoms with van der Waals surface area (Å²) in [7, 11) is 0. The zero-order valence-electron chi connectivity index (χ0n) is 11.1. The van der Waals surface area contributed by atoms with Crippen LogP contribution in [0.2, 0.25) is 0 Å². The third kappa shape index (κ3) is 3.39. The molecule has 6 heteroatoms. The Morgan fingerprint density at radius 2 is 2.00 bits per heavy atom. The fraction of sp³-hybridized carbons (Fsp3) is 0.267. The van der Waals surface area contributed by atoms with Crippen molar-refractivity contribution in [2.75, 3.05) is 13.2 Å². The molecule has 4 nitrogen and oxygen atoms in total. The summed E-state index contributed by atoms with van der Waals surface area (Å²) < 4.78 is 12.8. The molecule has 2 aromatic rings. The number of benzene rings is 1. The number of rotatable bonds is 3. The lowest BCUT2D eigenvalue weighted by molar-refractivity contribution is 0.163. The van der Waals surface area contributed by atoms with Gasteiger partial charge in [0.15, 0.2) is 11.5 Å². The van der Waals surface area contributed by atoms with Crippen LogP contribution in [0, 0.1) is 0 Å². The molecular weight excluding hydrogens is 402 g/mol. The van der Waals surface area contributed by atoms with Gasteiger partial charge in [-0.2, -0.15) is 0 Å². The second kappa shape index (κ2) is 6.34. The van der Waals surface area contributed by atoms with Gasteiger partial charge in [0, 0.05) is 22.8 Å². The van der Waals surface area contributed by atoms with Gasteiger partial charge in [-0.25, -0.2) is 0 Å². The first-order valence-electron chi connectivity index (χ1n) is 6.51. The molecule has 1 aromatic carbocycles. The van der Waals surface area contributed by atoms with Crippen LogP contribution in [0.4, 0.5) is 0 Å². The molecule has 0 saturated carbocycles. The maximum Gasteiger partial charge on any atom is 0.175 e. The SMILES string of the molecule is OC(Cc1ccc(Br)cn1)c1cc(Br)c2c(c1)OCCO2. The molecule has 0 amide bonds. The molecule has 1 unspecified atom stereocenters. The smallest absolute Gasteiger partial charge is 0.175 e. The van der Waals surface area contributed by atoms with Crippen molar-refractivity contribution in [3.05, 3.63) is 50.7 Å². The zero-order chi connectivity index (χ0) is 14.8. The molecule has 1 N–H and O–H groups in total. The van der Waals surface area contributed by atoms with Crippen molar-refractivity contribution < 1.29 is 14.6 Å². The van der Waals surface area contributed by atoms with E-state index in [1.54, 1.807) is 6.20 Å². The monoisotopic (exact) mass is 413 g/mol. The summed E-state index contributed by atoms with van der Waals surface area (Å²) in [6, 6.07) is 7.48. The van der Waals surface area contributed by atoms with E-state index in [2.05, 4.69) is 36.8 Å². The lowest BCUT2D eigenvalue weighted by Crippen LogP contribution is -2.16. The average molecular weight is 415 g/mol. The topological polar surface area (TPSA) is 51.6 Å². The van der Waals surface area contributed by atoms with Gasteiger partial charge in [0.25, 0.3) is 0 Å². The number of ether oxygens (including phenoxy) is 2. The molecule has 0 aliphatic carbocycles. The number of hydrogen-bond acceptors (Lipinski definition) is 4. The van der Waals surface area contributed by atoms with E-state index in [4.69, 9.17) is 9.47 Å². The first-order valence-corrected chi connectivity index (χ1v) is 8.09. The van der Waals surface area contributed by atoms with Crippen molar-refractivity contribution >= 4 is 31.9 Å². The van der Waals surface area contributed by atoms with E-state index in [0.717, 1.165) is 20.2 Å². The maximum atomic E-state index is 10.4. The van der Waals surface area contributed by atoms with Crippen molar-refractivity contribution in [1.82, 2.24) is 4.98 Å². The number of pyridine rings is 1. The number of aliphatic hydroxyl groups excluding tert-OH is 1. The molecule has 0 radical (unpaired) electrons. The Morgan fingerprint density at radius 1 is 1.19 bits per heavy atom. The third-order valence-electron chi connectivity index (χ3n) is 3.20. The number of nitrogens with zero attached hydrogens (tertiary/aromatic N) is 1. The van der Waals surface area contributed by atoms with E-state index in [-0.39, 0.29) is 0 Å². The number of hydrogen-bond donors (Lipinski definition) is 1. The molecule has 0 saturated heterocycles. The Morgan fingerprint density at radius 3 is 2.76 bits per heavy atom. The number of halogens is 2. The maximum absolute atomic E-state index is 10.4. The largest absolute Gasteiger partial charge is 0.486 e. The minimum Gasteiger partial charge on any atom is -0.486 e. The molecule has 1 aromatic heterocycles. The molecule has 110 valence electrons. The van der Waals surface area contributed by atoms with Crippen molar-refractivity contribution in [3.8, 4) is 11.5 Å². The van der Waals surface area contributed by atoms with Crippen molar-refractivity contribution in [2.24, 2.45) is 0 Å². The highest BCUT2D eigenvalue weighted by Crippen LogP contribution is 2.40. The zero-order valence-corrected chi connectivity index (χ0v) is 14.2. The van der Waals surface area contributed by atoms with Crippen LogP contribution in [-0.4, -0.2) is 23.3 Å². The van der Waals surface area contributed by atoms with Crippen molar-refractivity contribution in [3.63, 3.8) is 0 Å². The Kier molecular flexibility index (Phi) is 4.47. The highest BCUT2D eigenvalue weighted by atomic mass is 79.9. The molecule has 1 atom stereocenters. The third-order valence-corrected chi connectivity index (χ3v) is 4.25. The minimum absolute atomic E-state index is 0.444. The number of aliphatic hydroxyl groups is 1. The van der Waals surface area contributed by atoms with Gasteiger partial charge in [0.1, 0.15) is 13.2 Å². The van der Waals surface area contributed by atoms with Crippen LogP contribution in [0.3, 0.4) is 0 Å². The first-order chi connectivity index (χ1) is 10.1. The van der Waals surface area contributed by atoms with Crippen LogP contribution in [0.5, 0.6) is 11.5 Å². The van der Waals surface area contributed by atoms with E-state index in [1.807, 2.05) is 24.3 Å². The van der Waals surface area contributed by atoms with E-state index >= 15 is 0 Å². The highest BCUT2D eigenvalue weighted by molar-refractivity contribution is 9.10. The quantitative estimate of drug-likeness (QED) is 0.832. The normalized spacial score (nSPS) is 14.8. The molecule has 1 aliphatic heterocycles. The highest BCUT2D eigenvalue weighted by Gasteiger charge is 2.19. The molecule has 1 aliphatic rings. The summed E-state index contributed by atoms with van der Waals surface area (Å²) in [5.41, 5.74) is 1.60. The van der Waals surface area contributed by atoms with Gasteiger partial charge in [-0.3, -0.25) is 4.98 Å². The second-order valence-corrected chi connectivity index (χ2v) is 6.48. The lowest BCUT2D eigenvalue weighted by Gasteiger charge is -2.21. The summed E-state index contributed by atoms with van der Waals surface area (Å²) in [5.74, 6) is 1.35. The fourth-order valence-corrected chi connectivity index (χ4v) is 2.98. The lowest BCUT2D eigenvalue weighted by atomic mass is 10.0. The van der Waals surface area contributed by atoms with E-state index in [1.165, 1.54) is 0 Å². The molecule has 0 fully saturated rings. The predicted octanol–water partition coefficient (Wildman–Crippen LogP) is 3.65. The van der Waals surface area contributed by atoms with Crippen LogP contribution in [0.1, 0.15) is 17.4 Å². The Labute approximate surface area is 139 Å². The van der Waals surface area contributed by atoms with Gasteiger partial charge in [0.05, 0.1) is 10.6 Å². The molecule has 0 bridgehead atoms. The Hall–Kier alpha value is -1.11. The summed E-state index contributed by atoms with van der Waals surface area (Å²) in [4.78, 5) is 4.28. The Balaban J connectivity index is 1.82. The fourth-order valence-electron chi connectivity index (χ4n) is 2.17. The molecule has 0 spiro atoms. The van der Waals surface area contributed by atoms with E-state index < -0.39 is 6.10 Å². The van der Waals surface area contributed by atoms with Crippen LogP contribution < -0.4 is 9.47 Å². The van der Waals surface area contributed by atoms with Crippen LogP contribution >= 0.6 is 31.9 Å². The summed E-state index contributed by atoms with van der Waals surface area (Å²) in [6.07, 6.45) is 1.52. The predicted molar refractivity (Wildman–Crippen MR) is 85.7 cm³/mol. The minimum atomic E-state index is -0.647. The van der Waals surface area contributed by atoms with Crippen LogP contribution in [0.25, 0.3) is 0 Å². The average Bonchev–Trinajstić information content (AvgIpc) is 2.49. The van der Waals surface area contributed by atoms with Gasteiger partial charge >= 0.3 is 0 Å². The van der Waals surface area contributed by atoms with Gasteiger partial charge in [-0.1, -0.05) is 0 Å². The van der Waals surface area contributed by atoms with Gasteiger partial charge in [-0.15, -0.1) is 0 Å². The summed E-state index contributed by atoms with van der Waals surface area (Å²) in [5, 5.41) is 10.4. The Bertz CT molecular complexity index is 646. The standard InChI is InChI=1S/C15H13Br2NO3/c16-10-1-2-11(18-8-10)7-13(19)9-5-12(17)15-14(6-9)20-3-4-21-15/h1-2,5-6,8,13,19H,3-4,7H2. The molecule has 2 heterocycles. The van der Waals surface area contributed by atoms with Gasteiger partial charge < -0.3 is 14.6 Å². The molecule has 3 rings (SSSR count). The summed E-state index contributed by atoms with van der Waals surface area (Å²) >= 11 is 6.80. The van der Waals surface area contributed by atoms with Crippen LogP contribution in [0.15, 0.2) is 39.4 Å². The van der Waals surface area contributed by atoms with Crippen LogP contribution in [-0.2, 0) is 6.42 Å². The van der Waals surface area contributed by atoms with E-state index in [9.17, 15) is 5.11 Å². The number of aromatic nitrogens is 1. The van der Waals surface area contributed by atoms with Crippen molar-refractivity contribution in [1.29, 1.82) is 0 Å². The molecular formula is C15H13Br2NO3. The number of fused-ring (bicyclic) bond motifs is 1. The van der Waals surface area contributed by atoms with Gasteiger partial charge in [-0.05, 0) is 61.7 Å². The molecule has 21 heavy (non-hydrogen) atoms. The van der Waals surface area contributed by atoms with E-state index in [0.29, 0.717) is 31.1 Å².